The van der Waals surface area contributed by atoms with Crippen LogP contribution in [0.25, 0.3) is 0 Å². The summed E-state index contributed by atoms with van der Waals surface area (Å²) in [6.07, 6.45) is 5.09. The zero-order valence-corrected chi connectivity index (χ0v) is 13.2. The van der Waals surface area contributed by atoms with Gasteiger partial charge in [0.1, 0.15) is 12.1 Å². The van der Waals surface area contributed by atoms with E-state index < -0.39 is 6.04 Å². The van der Waals surface area contributed by atoms with Crippen molar-refractivity contribution in [3.63, 3.8) is 0 Å². The van der Waals surface area contributed by atoms with E-state index in [1.165, 1.54) is 0 Å². The number of hydrogen-bond donors (Lipinski definition) is 1. The van der Waals surface area contributed by atoms with Gasteiger partial charge in [0.2, 0.25) is 11.8 Å². The SMILES string of the molecule is CCC1C(=O)NC(C(C)C)C(=O)N1CCc1cnn(C)c1. The van der Waals surface area contributed by atoms with Crippen molar-refractivity contribution in [1.82, 2.24) is 20.0 Å². The maximum Gasteiger partial charge on any atom is 0.246 e. The zero-order valence-electron chi connectivity index (χ0n) is 13.2. The van der Waals surface area contributed by atoms with E-state index in [1.54, 1.807) is 15.8 Å². The van der Waals surface area contributed by atoms with Crippen molar-refractivity contribution in [1.29, 1.82) is 0 Å². The minimum Gasteiger partial charge on any atom is -0.342 e. The van der Waals surface area contributed by atoms with Crippen molar-refractivity contribution in [2.24, 2.45) is 13.0 Å². The van der Waals surface area contributed by atoms with Crippen molar-refractivity contribution in [2.75, 3.05) is 6.54 Å². The van der Waals surface area contributed by atoms with Gasteiger partial charge in [0.15, 0.2) is 0 Å². The van der Waals surface area contributed by atoms with E-state index in [0.717, 1.165) is 5.56 Å². The van der Waals surface area contributed by atoms with Gasteiger partial charge >= 0.3 is 0 Å². The standard InChI is InChI=1S/C15H24N4O2/c1-5-12-14(20)17-13(10(2)3)15(21)19(12)7-6-11-8-16-18(4)9-11/h8-10,12-13H,5-7H2,1-4H3,(H,17,20). The van der Waals surface area contributed by atoms with Gasteiger partial charge in [0.25, 0.3) is 0 Å². The summed E-state index contributed by atoms with van der Waals surface area (Å²) in [5.74, 6) is 0.0856. The van der Waals surface area contributed by atoms with Gasteiger partial charge in [-0.3, -0.25) is 14.3 Å². The Hall–Kier alpha value is -1.85. The van der Waals surface area contributed by atoms with Gasteiger partial charge in [0, 0.05) is 19.8 Å². The van der Waals surface area contributed by atoms with Crippen LogP contribution >= 0.6 is 0 Å². The van der Waals surface area contributed by atoms with E-state index in [4.69, 9.17) is 0 Å². The van der Waals surface area contributed by atoms with Crippen LogP contribution in [0.5, 0.6) is 0 Å². The predicted molar refractivity (Wildman–Crippen MR) is 79.5 cm³/mol. The Balaban J connectivity index is 2.11. The van der Waals surface area contributed by atoms with Crippen LogP contribution in [0.15, 0.2) is 12.4 Å². The fourth-order valence-corrected chi connectivity index (χ4v) is 2.76. The van der Waals surface area contributed by atoms with Crippen LogP contribution in [0.2, 0.25) is 0 Å². The van der Waals surface area contributed by atoms with Crippen LogP contribution in [0.1, 0.15) is 32.8 Å². The highest BCUT2D eigenvalue weighted by Crippen LogP contribution is 2.18. The topological polar surface area (TPSA) is 67.2 Å². The van der Waals surface area contributed by atoms with Crippen molar-refractivity contribution in [3.05, 3.63) is 18.0 Å². The normalized spacial score (nSPS) is 22.8. The molecule has 0 saturated carbocycles. The third kappa shape index (κ3) is 3.25. The first-order valence-electron chi connectivity index (χ1n) is 7.52. The molecule has 0 radical (unpaired) electrons. The largest absolute Gasteiger partial charge is 0.342 e. The summed E-state index contributed by atoms with van der Waals surface area (Å²) in [5, 5.41) is 6.98. The predicted octanol–water partition coefficient (Wildman–Crippen LogP) is 0.724. The number of hydrogen-bond acceptors (Lipinski definition) is 3. The van der Waals surface area contributed by atoms with Crippen LogP contribution in [-0.4, -0.2) is 45.1 Å². The third-order valence-corrected chi connectivity index (χ3v) is 3.98. The number of aromatic nitrogens is 2. The van der Waals surface area contributed by atoms with Crippen LogP contribution in [-0.2, 0) is 23.1 Å². The molecule has 116 valence electrons. The van der Waals surface area contributed by atoms with E-state index in [0.29, 0.717) is 19.4 Å². The van der Waals surface area contributed by atoms with Gasteiger partial charge in [-0.1, -0.05) is 20.8 Å². The average Bonchev–Trinajstić information content (AvgIpc) is 2.84. The number of aryl methyl sites for hydroxylation is 1. The molecule has 2 amide bonds. The smallest absolute Gasteiger partial charge is 0.246 e. The van der Waals surface area contributed by atoms with Crippen LogP contribution in [0.4, 0.5) is 0 Å². The first-order valence-corrected chi connectivity index (χ1v) is 7.52. The Morgan fingerprint density at radius 1 is 1.38 bits per heavy atom. The number of carbonyl (C=O) groups is 2. The molecule has 1 N–H and O–H groups in total. The summed E-state index contributed by atoms with van der Waals surface area (Å²) in [4.78, 5) is 26.5. The van der Waals surface area contributed by atoms with E-state index >= 15 is 0 Å². The van der Waals surface area contributed by atoms with E-state index in [2.05, 4.69) is 10.4 Å². The summed E-state index contributed by atoms with van der Waals surface area (Å²) in [6, 6.07) is -0.765. The van der Waals surface area contributed by atoms with Gasteiger partial charge in [-0.2, -0.15) is 5.10 Å². The molecule has 2 rings (SSSR count). The molecule has 1 saturated heterocycles. The van der Waals surface area contributed by atoms with Crippen molar-refractivity contribution in [2.45, 2.75) is 45.7 Å². The average molecular weight is 292 g/mol. The van der Waals surface area contributed by atoms with Gasteiger partial charge < -0.3 is 10.2 Å². The van der Waals surface area contributed by atoms with Crippen LogP contribution in [0, 0.1) is 5.92 Å². The van der Waals surface area contributed by atoms with Crippen molar-refractivity contribution in [3.8, 4) is 0 Å². The Morgan fingerprint density at radius 2 is 2.10 bits per heavy atom. The van der Waals surface area contributed by atoms with Crippen molar-refractivity contribution >= 4 is 11.8 Å². The lowest BCUT2D eigenvalue weighted by Gasteiger charge is -2.40. The fourth-order valence-electron chi connectivity index (χ4n) is 2.76. The molecule has 0 aliphatic carbocycles. The molecule has 6 heteroatoms. The minimum absolute atomic E-state index is 0.0281. The molecule has 6 nitrogen and oxygen atoms in total. The zero-order chi connectivity index (χ0) is 15.6. The van der Waals surface area contributed by atoms with E-state index in [9.17, 15) is 9.59 Å². The summed E-state index contributed by atoms with van der Waals surface area (Å²) in [7, 11) is 1.87. The number of carbonyl (C=O) groups excluding carboxylic acids is 2. The Kier molecular flexibility index (Phi) is 4.65. The molecule has 1 aromatic heterocycles. The number of nitrogens with one attached hydrogen (secondary N) is 1. The first kappa shape index (κ1) is 15.5. The van der Waals surface area contributed by atoms with Crippen LogP contribution in [0.3, 0.4) is 0 Å². The molecule has 2 heterocycles. The molecule has 1 aromatic rings. The highest BCUT2D eigenvalue weighted by atomic mass is 16.2. The molecule has 2 unspecified atom stereocenters. The second kappa shape index (κ2) is 6.28. The van der Waals surface area contributed by atoms with Crippen LogP contribution < -0.4 is 5.32 Å². The molecular weight excluding hydrogens is 268 g/mol. The number of rotatable bonds is 5. The lowest BCUT2D eigenvalue weighted by molar-refractivity contribution is -0.150. The summed E-state index contributed by atoms with van der Waals surface area (Å²) < 4.78 is 1.74. The maximum absolute atomic E-state index is 12.6. The molecule has 1 aliphatic heterocycles. The monoisotopic (exact) mass is 292 g/mol. The maximum atomic E-state index is 12.6. The summed E-state index contributed by atoms with van der Waals surface area (Å²) in [6.45, 7) is 6.40. The third-order valence-electron chi connectivity index (χ3n) is 3.98. The lowest BCUT2D eigenvalue weighted by atomic mass is 9.96. The number of nitrogens with zero attached hydrogens (tertiary/aromatic N) is 3. The number of amides is 2. The quantitative estimate of drug-likeness (QED) is 0.870. The molecule has 0 aromatic carbocycles. The second-order valence-electron chi connectivity index (χ2n) is 5.96. The van der Waals surface area contributed by atoms with E-state index in [1.807, 2.05) is 34.0 Å². The Bertz CT molecular complexity index is 523. The van der Waals surface area contributed by atoms with E-state index in [-0.39, 0.29) is 23.8 Å². The lowest BCUT2D eigenvalue weighted by Crippen LogP contribution is -2.64. The molecular formula is C15H24N4O2. The summed E-state index contributed by atoms with van der Waals surface area (Å²) >= 11 is 0. The molecule has 2 atom stereocenters. The van der Waals surface area contributed by atoms with Gasteiger partial charge in [-0.25, -0.2) is 0 Å². The van der Waals surface area contributed by atoms with Gasteiger partial charge in [-0.05, 0) is 24.3 Å². The Labute approximate surface area is 125 Å². The molecule has 1 fully saturated rings. The molecule has 0 spiro atoms. The number of piperazine rings is 1. The highest BCUT2D eigenvalue weighted by Gasteiger charge is 2.40. The Morgan fingerprint density at radius 3 is 2.62 bits per heavy atom. The fraction of sp³-hybridized carbons (Fsp3) is 0.667. The molecule has 1 aliphatic rings. The van der Waals surface area contributed by atoms with Gasteiger partial charge in [-0.15, -0.1) is 0 Å². The highest BCUT2D eigenvalue weighted by molar-refractivity contribution is 5.97. The molecule has 0 bridgehead atoms. The summed E-state index contributed by atoms with van der Waals surface area (Å²) in [5.41, 5.74) is 1.08. The molecule has 21 heavy (non-hydrogen) atoms. The first-order chi connectivity index (χ1) is 9.93. The minimum atomic E-state index is -0.408. The van der Waals surface area contributed by atoms with Gasteiger partial charge in [0.05, 0.1) is 6.20 Å². The second-order valence-corrected chi connectivity index (χ2v) is 5.96. The van der Waals surface area contributed by atoms with Crippen molar-refractivity contribution < 1.29 is 9.59 Å².